The first kappa shape index (κ1) is 10.6. The molecule has 0 bridgehead atoms. The Balaban J connectivity index is 2.36. The van der Waals surface area contributed by atoms with E-state index in [1.807, 2.05) is 0 Å². The first-order valence-corrected chi connectivity index (χ1v) is 4.28. The summed E-state index contributed by atoms with van der Waals surface area (Å²) in [5, 5.41) is 11.1. The highest BCUT2D eigenvalue weighted by Crippen LogP contribution is 2.09. The number of carbonyl (C=O) groups excluding carboxylic acids is 2. The van der Waals surface area contributed by atoms with Gasteiger partial charge in [0.1, 0.15) is 0 Å². The molecular formula is C8H12N2O4. The molecule has 0 aromatic rings. The van der Waals surface area contributed by atoms with Crippen LogP contribution in [0.4, 0.5) is 0 Å². The van der Waals surface area contributed by atoms with E-state index in [1.165, 1.54) is 7.05 Å². The normalized spacial score (nSPS) is 21.8. The van der Waals surface area contributed by atoms with Gasteiger partial charge in [-0.1, -0.05) is 0 Å². The number of aliphatic carboxylic acids is 1. The lowest BCUT2D eigenvalue weighted by Gasteiger charge is -2.09. The van der Waals surface area contributed by atoms with E-state index in [4.69, 9.17) is 5.11 Å². The zero-order chi connectivity index (χ0) is 10.7. The summed E-state index contributed by atoms with van der Waals surface area (Å²) in [5.74, 6) is -1.45. The average molecular weight is 200 g/mol. The maximum Gasteiger partial charge on any atom is 0.304 e. The van der Waals surface area contributed by atoms with Gasteiger partial charge in [-0.05, 0) is 0 Å². The van der Waals surface area contributed by atoms with Gasteiger partial charge in [0.15, 0.2) is 0 Å². The Morgan fingerprint density at radius 3 is 2.71 bits per heavy atom. The third kappa shape index (κ3) is 2.29. The first-order chi connectivity index (χ1) is 6.52. The number of carbonyl (C=O) groups is 3. The fourth-order valence-electron chi connectivity index (χ4n) is 1.27. The summed E-state index contributed by atoms with van der Waals surface area (Å²) in [6.45, 7) is 0.201. The predicted molar refractivity (Wildman–Crippen MR) is 46.4 cm³/mol. The third-order valence-electron chi connectivity index (χ3n) is 2.11. The number of nitrogens with zero attached hydrogens (tertiary/aromatic N) is 1. The smallest absolute Gasteiger partial charge is 0.304 e. The minimum absolute atomic E-state index is 0.0539. The monoisotopic (exact) mass is 200 g/mol. The van der Waals surface area contributed by atoms with Gasteiger partial charge in [-0.2, -0.15) is 0 Å². The van der Waals surface area contributed by atoms with Crippen LogP contribution in [-0.2, 0) is 14.4 Å². The molecule has 1 rings (SSSR count). The van der Waals surface area contributed by atoms with Crippen LogP contribution in [0.25, 0.3) is 0 Å². The zero-order valence-corrected chi connectivity index (χ0v) is 7.82. The lowest BCUT2D eigenvalue weighted by atomic mass is 10.2. The molecule has 1 aliphatic heterocycles. The van der Waals surface area contributed by atoms with Crippen molar-refractivity contribution in [3.05, 3.63) is 0 Å². The lowest BCUT2D eigenvalue weighted by molar-refractivity contribution is -0.139. The fourth-order valence-corrected chi connectivity index (χ4v) is 1.27. The predicted octanol–water partition coefficient (Wildman–Crippen LogP) is -1.19. The van der Waals surface area contributed by atoms with Gasteiger partial charge in [-0.15, -0.1) is 0 Å². The van der Waals surface area contributed by atoms with E-state index < -0.39 is 12.0 Å². The molecule has 2 amide bonds. The van der Waals surface area contributed by atoms with E-state index >= 15 is 0 Å². The molecule has 0 spiro atoms. The van der Waals surface area contributed by atoms with E-state index in [0.717, 1.165) is 4.90 Å². The molecule has 1 saturated heterocycles. The molecule has 2 N–H and O–H groups in total. The van der Waals surface area contributed by atoms with Crippen molar-refractivity contribution < 1.29 is 19.5 Å². The van der Waals surface area contributed by atoms with Crippen LogP contribution in [0.5, 0.6) is 0 Å². The van der Waals surface area contributed by atoms with E-state index in [1.54, 1.807) is 0 Å². The molecular weight excluding hydrogens is 188 g/mol. The first-order valence-electron chi connectivity index (χ1n) is 4.28. The number of rotatable bonds is 4. The van der Waals surface area contributed by atoms with Gasteiger partial charge in [-0.3, -0.25) is 19.3 Å². The van der Waals surface area contributed by atoms with E-state index in [2.05, 4.69) is 5.32 Å². The van der Waals surface area contributed by atoms with Crippen LogP contribution < -0.4 is 5.32 Å². The molecule has 6 nitrogen and oxygen atoms in total. The number of likely N-dealkylation sites (tertiary alicyclic amines) is 1. The van der Waals surface area contributed by atoms with Crippen LogP contribution in [0.15, 0.2) is 0 Å². The quantitative estimate of drug-likeness (QED) is 0.557. The van der Waals surface area contributed by atoms with Crippen molar-refractivity contribution in [2.75, 3.05) is 13.6 Å². The molecule has 78 valence electrons. The number of amides is 2. The molecule has 0 aromatic carbocycles. The Morgan fingerprint density at radius 1 is 1.64 bits per heavy atom. The van der Waals surface area contributed by atoms with Crippen LogP contribution >= 0.6 is 0 Å². The van der Waals surface area contributed by atoms with Gasteiger partial charge < -0.3 is 10.4 Å². The summed E-state index contributed by atoms with van der Waals surface area (Å²) in [5.41, 5.74) is 0. The van der Waals surface area contributed by atoms with Gasteiger partial charge in [0, 0.05) is 13.6 Å². The Hall–Kier alpha value is -1.43. The minimum atomic E-state index is -0.928. The highest BCUT2D eigenvalue weighted by atomic mass is 16.4. The van der Waals surface area contributed by atoms with Crippen molar-refractivity contribution in [1.82, 2.24) is 10.2 Å². The maximum atomic E-state index is 11.3. The number of hydrogen-bond donors (Lipinski definition) is 2. The molecule has 14 heavy (non-hydrogen) atoms. The molecule has 0 aliphatic carbocycles. The van der Waals surface area contributed by atoms with Gasteiger partial charge >= 0.3 is 5.97 Å². The Morgan fingerprint density at radius 2 is 2.29 bits per heavy atom. The third-order valence-corrected chi connectivity index (χ3v) is 2.11. The van der Waals surface area contributed by atoms with Crippen LogP contribution in [0.1, 0.15) is 12.8 Å². The molecule has 1 fully saturated rings. The number of carboxylic acids is 1. The van der Waals surface area contributed by atoms with Gasteiger partial charge in [0.05, 0.1) is 18.9 Å². The van der Waals surface area contributed by atoms with Crippen molar-refractivity contribution in [1.29, 1.82) is 0 Å². The summed E-state index contributed by atoms with van der Waals surface area (Å²) < 4.78 is 0. The SMILES string of the molecule is CN1C(=O)CC(NCCC(=O)O)C1=O. The molecule has 6 heteroatoms. The summed E-state index contributed by atoms with van der Waals surface area (Å²) in [6, 6.07) is -0.549. The number of likely N-dealkylation sites (N-methyl/N-ethyl adjacent to an activating group) is 1. The number of imide groups is 1. The second-order valence-electron chi connectivity index (χ2n) is 3.15. The molecule has 1 heterocycles. The molecule has 0 saturated carbocycles. The Labute approximate surface area is 80.9 Å². The summed E-state index contributed by atoms with van der Waals surface area (Å²) in [4.78, 5) is 33.6. The molecule has 0 aromatic heterocycles. The fraction of sp³-hybridized carbons (Fsp3) is 0.625. The molecule has 1 unspecified atom stereocenters. The summed E-state index contributed by atoms with van der Waals surface area (Å²) >= 11 is 0. The van der Waals surface area contributed by atoms with Gasteiger partial charge in [-0.25, -0.2) is 0 Å². The topological polar surface area (TPSA) is 86.7 Å². The zero-order valence-electron chi connectivity index (χ0n) is 7.82. The summed E-state index contributed by atoms with van der Waals surface area (Å²) in [7, 11) is 1.42. The highest BCUT2D eigenvalue weighted by Gasteiger charge is 2.35. The Kier molecular flexibility index (Phi) is 3.19. The van der Waals surface area contributed by atoms with Crippen LogP contribution in [0, 0.1) is 0 Å². The number of nitrogens with one attached hydrogen (secondary N) is 1. The number of carboxylic acid groups (broad SMARTS) is 1. The Bertz CT molecular complexity index is 277. The standard InChI is InChI=1S/C8H12N2O4/c1-10-6(11)4-5(8(10)14)9-3-2-7(12)13/h5,9H,2-4H2,1H3,(H,12,13). The van der Waals surface area contributed by atoms with Crippen molar-refractivity contribution >= 4 is 17.8 Å². The van der Waals surface area contributed by atoms with E-state index in [9.17, 15) is 14.4 Å². The van der Waals surface area contributed by atoms with Crippen LogP contribution in [0.3, 0.4) is 0 Å². The van der Waals surface area contributed by atoms with E-state index in [-0.39, 0.29) is 31.2 Å². The second-order valence-corrected chi connectivity index (χ2v) is 3.15. The van der Waals surface area contributed by atoms with Crippen molar-refractivity contribution in [2.45, 2.75) is 18.9 Å². The van der Waals surface area contributed by atoms with Crippen molar-refractivity contribution in [3.63, 3.8) is 0 Å². The van der Waals surface area contributed by atoms with Crippen LogP contribution in [0.2, 0.25) is 0 Å². The maximum absolute atomic E-state index is 11.3. The number of hydrogen-bond acceptors (Lipinski definition) is 4. The minimum Gasteiger partial charge on any atom is -0.481 e. The molecule has 1 atom stereocenters. The molecule has 1 aliphatic rings. The average Bonchev–Trinajstić information content (AvgIpc) is 2.33. The van der Waals surface area contributed by atoms with Crippen molar-refractivity contribution in [3.8, 4) is 0 Å². The van der Waals surface area contributed by atoms with Gasteiger partial charge in [0.25, 0.3) is 0 Å². The summed E-state index contributed by atoms with van der Waals surface area (Å²) in [6.07, 6.45) is 0.0661. The lowest BCUT2D eigenvalue weighted by Crippen LogP contribution is -2.38. The largest absolute Gasteiger partial charge is 0.481 e. The van der Waals surface area contributed by atoms with E-state index in [0.29, 0.717) is 0 Å². The van der Waals surface area contributed by atoms with Crippen molar-refractivity contribution in [2.24, 2.45) is 0 Å². The van der Waals surface area contributed by atoms with Gasteiger partial charge in [0.2, 0.25) is 11.8 Å². The second kappa shape index (κ2) is 4.19. The highest BCUT2D eigenvalue weighted by molar-refractivity contribution is 6.05. The molecule has 0 radical (unpaired) electrons. The van der Waals surface area contributed by atoms with Crippen LogP contribution in [-0.4, -0.2) is 47.4 Å².